The number of hydrogen-bond donors (Lipinski definition) is 1. The van der Waals surface area contributed by atoms with Crippen molar-refractivity contribution in [3.63, 3.8) is 0 Å². The van der Waals surface area contributed by atoms with E-state index >= 15 is 0 Å². The van der Waals surface area contributed by atoms with Gasteiger partial charge in [0.15, 0.2) is 0 Å². The smallest absolute Gasteiger partial charge is 0.105 e. The molecule has 104 valence electrons. The topological polar surface area (TPSA) is 39.1 Å². The number of nitrogens with one attached hydrogen (secondary N) is 1. The van der Waals surface area contributed by atoms with Gasteiger partial charge in [-0.25, -0.2) is 0 Å². The minimum absolute atomic E-state index is 0.407. The molecule has 0 saturated carbocycles. The van der Waals surface area contributed by atoms with Crippen LogP contribution in [0.15, 0.2) is 30.3 Å². The number of hydrogen-bond acceptors (Lipinski definition) is 3. The molecule has 19 heavy (non-hydrogen) atoms. The Labute approximate surface area is 117 Å². The average molecular weight is 259 g/mol. The number of likely N-dealkylation sites (N-methyl/N-ethyl adjacent to an activating group) is 1. The van der Waals surface area contributed by atoms with Crippen LogP contribution >= 0.6 is 0 Å². The van der Waals surface area contributed by atoms with Gasteiger partial charge in [-0.15, -0.1) is 0 Å². The zero-order valence-electron chi connectivity index (χ0n) is 12.3. The van der Waals surface area contributed by atoms with Crippen LogP contribution in [-0.4, -0.2) is 37.1 Å². The van der Waals surface area contributed by atoms with Crippen molar-refractivity contribution in [1.82, 2.24) is 10.2 Å². The Morgan fingerprint density at radius 3 is 2.53 bits per heavy atom. The molecule has 1 rings (SSSR count). The molecule has 1 aromatic rings. The van der Waals surface area contributed by atoms with E-state index in [1.807, 2.05) is 19.9 Å². The van der Waals surface area contributed by atoms with Crippen molar-refractivity contribution in [3.8, 4) is 6.07 Å². The fourth-order valence-corrected chi connectivity index (χ4v) is 2.06. The third kappa shape index (κ3) is 5.87. The van der Waals surface area contributed by atoms with E-state index in [0.29, 0.717) is 0 Å². The molecule has 1 N–H and O–H groups in total. The largest absolute Gasteiger partial charge is 0.306 e. The summed E-state index contributed by atoms with van der Waals surface area (Å²) < 4.78 is 0. The van der Waals surface area contributed by atoms with Crippen molar-refractivity contribution < 1.29 is 0 Å². The monoisotopic (exact) mass is 259 g/mol. The van der Waals surface area contributed by atoms with Gasteiger partial charge in [-0.2, -0.15) is 5.26 Å². The second-order valence-corrected chi connectivity index (χ2v) is 5.26. The van der Waals surface area contributed by atoms with Crippen LogP contribution in [0.5, 0.6) is 0 Å². The molecule has 0 spiro atoms. The van der Waals surface area contributed by atoms with Crippen molar-refractivity contribution in [2.45, 2.75) is 32.2 Å². The highest BCUT2D eigenvalue weighted by atomic mass is 15.1. The van der Waals surface area contributed by atoms with Gasteiger partial charge in [0, 0.05) is 13.1 Å². The lowest BCUT2D eigenvalue weighted by molar-refractivity contribution is 0.292. The highest BCUT2D eigenvalue weighted by Gasteiger charge is 2.22. The first-order chi connectivity index (χ1) is 9.09. The Morgan fingerprint density at radius 2 is 1.95 bits per heavy atom. The summed E-state index contributed by atoms with van der Waals surface area (Å²) in [5, 5.41) is 12.5. The molecule has 0 saturated heterocycles. The van der Waals surface area contributed by atoms with Gasteiger partial charge in [0.05, 0.1) is 6.07 Å². The Hall–Kier alpha value is -1.37. The maximum atomic E-state index is 9.21. The Morgan fingerprint density at radius 1 is 1.26 bits per heavy atom. The van der Waals surface area contributed by atoms with Crippen molar-refractivity contribution in [2.75, 3.05) is 26.7 Å². The van der Waals surface area contributed by atoms with E-state index in [2.05, 4.69) is 47.6 Å². The summed E-state index contributed by atoms with van der Waals surface area (Å²) in [6.45, 7) is 6.80. The zero-order valence-corrected chi connectivity index (χ0v) is 12.3. The molecule has 0 radical (unpaired) electrons. The molecule has 1 unspecified atom stereocenters. The molecular weight excluding hydrogens is 234 g/mol. The van der Waals surface area contributed by atoms with Gasteiger partial charge in [0.1, 0.15) is 5.54 Å². The number of benzene rings is 1. The molecule has 0 amide bonds. The summed E-state index contributed by atoms with van der Waals surface area (Å²) in [5.74, 6) is 0. The minimum Gasteiger partial charge on any atom is -0.306 e. The molecule has 0 aliphatic rings. The van der Waals surface area contributed by atoms with Crippen LogP contribution in [0.25, 0.3) is 0 Å². The summed E-state index contributed by atoms with van der Waals surface area (Å²) in [4.78, 5) is 2.29. The Kier molecular flexibility index (Phi) is 6.55. The molecule has 0 aromatic heterocycles. The Bertz CT molecular complexity index is 396. The van der Waals surface area contributed by atoms with E-state index in [-0.39, 0.29) is 0 Å². The lowest BCUT2D eigenvalue weighted by atomic mass is 9.99. The van der Waals surface area contributed by atoms with E-state index in [1.54, 1.807) is 0 Å². The molecule has 3 heteroatoms. The van der Waals surface area contributed by atoms with Crippen LogP contribution in [0.2, 0.25) is 0 Å². The minimum atomic E-state index is -0.407. The lowest BCUT2D eigenvalue weighted by Crippen LogP contribution is -2.43. The first-order valence-electron chi connectivity index (χ1n) is 6.98. The maximum Gasteiger partial charge on any atom is 0.105 e. The Balaban J connectivity index is 2.32. The van der Waals surface area contributed by atoms with Gasteiger partial charge in [-0.3, -0.25) is 5.32 Å². The summed E-state index contributed by atoms with van der Waals surface area (Å²) in [5.41, 5.74) is 0.958. The van der Waals surface area contributed by atoms with Crippen LogP contribution in [0, 0.1) is 11.3 Å². The maximum absolute atomic E-state index is 9.21. The van der Waals surface area contributed by atoms with E-state index in [9.17, 15) is 5.26 Å². The van der Waals surface area contributed by atoms with Crippen LogP contribution in [0.1, 0.15) is 25.8 Å². The van der Waals surface area contributed by atoms with Crippen LogP contribution < -0.4 is 5.32 Å². The van der Waals surface area contributed by atoms with Gasteiger partial charge >= 0.3 is 0 Å². The van der Waals surface area contributed by atoms with Crippen LogP contribution in [0.3, 0.4) is 0 Å². The molecule has 0 fully saturated rings. The van der Waals surface area contributed by atoms with Crippen molar-refractivity contribution in [1.29, 1.82) is 5.26 Å². The van der Waals surface area contributed by atoms with Gasteiger partial charge < -0.3 is 4.90 Å². The molecule has 0 aliphatic carbocycles. The van der Waals surface area contributed by atoms with Gasteiger partial charge in [0.2, 0.25) is 0 Å². The first-order valence-corrected chi connectivity index (χ1v) is 6.98. The first kappa shape index (κ1) is 15.7. The number of rotatable bonds is 8. The highest BCUT2D eigenvalue weighted by molar-refractivity contribution is 5.14. The summed E-state index contributed by atoms with van der Waals surface area (Å²) in [7, 11) is 2.12. The molecule has 1 aromatic carbocycles. The van der Waals surface area contributed by atoms with Gasteiger partial charge in [-0.1, -0.05) is 37.3 Å². The normalized spacial score (nSPS) is 14.1. The molecule has 1 atom stereocenters. The third-order valence-corrected chi connectivity index (χ3v) is 3.43. The molecule has 0 heterocycles. The second kappa shape index (κ2) is 7.93. The third-order valence-electron chi connectivity index (χ3n) is 3.43. The van der Waals surface area contributed by atoms with E-state index < -0.39 is 5.54 Å². The number of nitrogens with zero attached hydrogens (tertiary/aromatic N) is 2. The number of nitriles is 1. The van der Waals surface area contributed by atoms with Crippen LogP contribution in [-0.2, 0) is 6.42 Å². The van der Waals surface area contributed by atoms with Gasteiger partial charge in [-0.05, 0) is 38.9 Å². The molecular formula is C16H25N3. The SMILES string of the molecule is CCNC(C)(C#N)CCN(C)CCc1ccccc1. The fraction of sp³-hybridized carbons (Fsp3) is 0.562. The van der Waals surface area contributed by atoms with E-state index in [1.165, 1.54) is 5.56 Å². The summed E-state index contributed by atoms with van der Waals surface area (Å²) in [6.07, 6.45) is 1.91. The van der Waals surface area contributed by atoms with Crippen molar-refractivity contribution >= 4 is 0 Å². The molecule has 0 aliphatic heterocycles. The molecule has 0 bridgehead atoms. The van der Waals surface area contributed by atoms with Gasteiger partial charge in [0.25, 0.3) is 0 Å². The van der Waals surface area contributed by atoms with Crippen molar-refractivity contribution in [3.05, 3.63) is 35.9 Å². The molecule has 3 nitrogen and oxygen atoms in total. The predicted molar refractivity (Wildman–Crippen MR) is 80.0 cm³/mol. The lowest BCUT2D eigenvalue weighted by Gasteiger charge is -2.25. The summed E-state index contributed by atoms with van der Waals surface area (Å²) in [6, 6.07) is 12.9. The van der Waals surface area contributed by atoms with Crippen LogP contribution in [0.4, 0.5) is 0 Å². The summed E-state index contributed by atoms with van der Waals surface area (Å²) >= 11 is 0. The second-order valence-electron chi connectivity index (χ2n) is 5.26. The average Bonchev–Trinajstić information content (AvgIpc) is 2.44. The van der Waals surface area contributed by atoms with Crippen molar-refractivity contribution in [2.24, 2.45) is 0 Å². The fourth-order valence-electron chi connectivity index (χ4n) is 2.06. The van der Waals surface area contributed by atoms with E-state index in [4.69, 9.17) is 0 Å². The quantitative estimate of drug-likeness (QED) is 0.779. The standard InChI is InChI=1S/C16H25N3/c1-4-18-16(2,14-17)11-13-19(3)12-10-15-8-6-5-7-9-15/h5-9,18H,4,10-13H2,1-3H3. The predicted octanol–water partition coefficient (Wildman–Crippen LogP) is 2.44. The zero-order chi connectivity index (χ0) is 14.1. The highest BCUT2D eigenvalue weighted by Crippen LogP contribution is 2.09. The van der Waals surface area contributed by atoms with E-state index in [0.717, 1.165) is 32.5 Å².